The SMILES string of the molecule is NC(=O)COc1ccc(Br)cc1F. The monoisotopic (exact) mass is 247 g/mol. The number of ether oxygens (including phenoxy) is 1. The second-order valence-corrected chi connectivity index (χ2v) is 3.25. The standard InChI is InChI=1S/C8H7BrFNO2/c9-5-1-2-7(6(10)3-5)13-4-8(11)12/h1-3H,4H2,(H2,11,12). The largest absolute Gasteiger partial charge is 0.481 e. The summed E-state index contributed by atoms with van der Waals surface area (Å²) in [5.41, 5.74) is 4.82. The lowest BCUT2D eigenvalue weighted by molar-refractivity contribution is -0.120. The van der Waals surface area contributed by atoms with Gasteiger partial charge in [0.05, 0.1) is 0 Å². The van der Waals surface area contributed by atoms with Crippen LogP contribution in [0.2, 0.25) is 0 Å². The van der Waals surface area contributed by atoms with E-state index in [4.69, 9.17) is 10.5 Å². The lowest BCUT2D eigenvalue weighted by atomic mass is 10.3. The first-order chi connectivity index (χ1) is 6.09. The van der Waals surface area contributed by atoms with Crippen LogP contribution in [0.3, 0.4) is 0 Å². The van der Waals surface area contributed by atoms with E-state index in [1.165, 1.54) is 12.1 Å². The van der Waals surface area contributed by atoms with Crippen LogP contribution < -0.4 is 10.5 Å². The molecule has 0 spiro atoms. The summed E-state index contributed by atoms with van der Waals surface area (Å²) in [6.07, 6.45) is 0. The second-order valence-electron chi connectivity index (χ2n) is 2.33. The van der Waals surface area contributed by atoms with Crippen LogP contribution in [0.4, 0.5) is 4.39 Å². The molecule has 0 atom stereocenters. The number of carbonyl (C=O) groups excluding carboxylic acids is 1. The van der Waals surface area contributed by atoms with Gasteiger partial charge in [-0.1, -0.05) is 15.9 Å². The Kier molecular flexibility index (Phi) is 3.25. The third-order valence-corrected chi connectivity index (χ3v) is 1.76. The first-order valence-corrected chi connectivity index (χ1v) is 4.25. The molecule has 5 heteroatoms. The van der Waals surface area contributed by atoms with Crippen molar-refractivity contribution in [1.29, 1.82) is 0 Å². The zero-order valence-electron chi connectivity index (χ0n) is 6.59. The normalized spacial score (nSPS) is 9.69. The average Bonchev–Trinajstić information content (AvgIpc) is 2.02. The molecule has 0 aliphatic rings. The van der Waals surface area contributed by atoms with Gasteiger partial charge >= 0.3 is 0 Å². The smallest absolute Gasteiger partial charge is 0.255 e. The van der Waals surface area contributed by atoms with Gasteiger partial charge < -0.3 is 10.5 Å². The molecule has 2 N–H and O–H groups in total. The molecule has 70 valence electrons. The fourth-order valence-electron chi connectivity index (χ4n) is 0.741. The van der Waals surface area contributed by atoms with Crippen molar-refractivity contribution in [1.82, 2.24) is 0 Å². The van der Waals surface area contributed by atoms with Crippen LogP contribution in [0.1, 0.15) is 0 Å². The van der Waals surface area contributed by atoms with Gasteiger partial charge in [0.25, 0.3) is 5.91 Å². The summed E-state index contributed by atoms with van der Waals surface area (Å²) < 4.78 is 18.4. The number of hydrogen-bond acceptors (Lipinski definition) is 2. The van der Waals surface area contributed by atoms with E-state index in [1.807, 2.05) is 0 Å². The summed E-state index contributed by atoms with van der Waals surface area (Å²) in [4.78, 5) is 10.3. The molecule has 0 aliphatic carbocycles. The van der Waals surface area contributed by atoms with E-state index in [1.54, 1.807) is 6.07 Å². The summed E-state index contributed by atoms with van der Waals surface area (Å²) in [5.74, 6) is -1.15. The average molecular weight is 248 g/mol. The first kappa shape index (κ1) is 9.98. The number of amides is 1. The van der Waals surface area contributed by atoms with Gasteiger partial charge in [0.15, 0.2) is 18.2 Å². The zero-order valence-corrected chi connectivity index (χ0v) is 8.17. The molecule has 1 amide bonds. The molecule has 3 nitrogen and oxygen atoms in total. The molecular weight excluding hydrogens is 241 g/mol. The molecule has 1 rings (SSSR count). The topological polar surface area (TPSA) is 52.3 Å². The highest BCUT2D eigenvalue weighted by molar-refractivity contribution is 9.10. The van der Waals surface area contributed by atoms with Gasteiger partial charge in [0.1, 0.15) is 0 Å². The third-order valence-electron chi connectivity index (χ3n) is 1.26. The van der Waals surface area contributed by atoms with Gasteiger partial charge in [-0.15, -0.1) is 0 Å². The summed E-state index contributed by atoms with van der Waals surface area (Å²) in [5, 5.41) is 0. The summed E-state index contributed by atoms with van der Waals surface area (Å²) in [6.45, 7) is -0.321. The minimum Gasteiger partial charge on any atom is -0.481 e. The van der Waals surface area contributed by atoms with Crippen molar-refractivity contribution in [2.45, 2.75) is 0 Å². The van der Waals surface area contributed by atoms with E-state index in [0.29, 0.717) is 4.47 Å². The maximum atomic E-state index is 13.0. The van der Waals surface area contributed by atoms with Crippen LogP contribution in [-0.4, -0.2) is 12.5 Å². The van der Waals surface area contributed by atoms with Crippen LogP contribution >= 0.6 is 15.9 Å². The minimum atomic E-state index is -0.637. The molecular formula is C8H7BrFNO2. The molecule has 0 fully saturated rings. The van der Waals surface area contributed by atoms with E-state index < -0.39 is 11.7 Å². The second kappa shape index (κ2) is 4.23. The molecule has 0 aromatic heterocycles. The number of primary amides is 1. The Morgan fingerprint density at radius 1 is 1.62 bits per heavy atom. The fourth-order valence-corrected chi connectivity index (χ4v) is 1.07. The highest BCUT2D eigenvalue weighted by Gasteiger charge is 2.04. The highest BCUT2D eigenvalue weighted by Crippen LogP contribution is 2.21. The van der Waals surface area contributed by atoms with Gasteiger partial charge in [-0.05, 0) is 18.2 Å². The van der Waals surface area contributed by atoms with Crippen LogP contribution in [0, 0.1) is 5.82 Å². The van der Waals surface area contributed by atoms with Gasteiger partial charge in [-0.3, -0.25) is 4.79 Å². The lowest BCUT2D eigenvalue weighted by Gasteiger charge is -2.04. The molecule has 0 radical (unpaired) electrons. The molecule has 1 aromatic rings. The molecule has 1 aromatic carbocycles. The molecule has 0 unspecified atom stereocenters. The number of rotatable bonds is 3. The Balaban J connectivity index is 2.72. The molecule has 0 aliphatic heterocycles. The van der Waals surface area contributed by atoms with Crippen molar-refractivity contribution in [2.75, 3.05) is 6.61 Å². The van der Waals surface area contributed by atoms with Crippen molar-refractivity contribution < 1.29 is 13.9 Å². The van der Waals surface area contributed by atoms with Gasteiger partial charge in [-0.25, -0.2) is 4.39 Å². The van der Waals surface area contributed by atoms with Gasteiger partial charge in [-0.2, -0.15) is 0 Å². The van der Waals surface area contributed by atoms with E-state index in [-0.39, 0.29) is 12.4 Å². The number of halogens is 2. The number of benzene rings is 1. The maximum Gasteiger partial charge on any atom is 0.255 e. The lowest BCUT2D eigenvalue weighted by Crippen LogP contribution is -2.20. The van der Waals surface area contributed by atoms with Gasteiger partial charge in [0, 0.05) is 4.47 Å². The van der Waals surface area contributed by atoms with Crippen molar-refractivity contribution in [3.63, 3.8) is 0 Å². The maximum absolute atomic E-state index is 13.0. The van der Waals surface area contributed by atoms with Crippen molar-refractivity contribution in [2.24, 2.45) is 5.73 Å². The molecule has 0 heterocycles. The molecule has 0 bridgehead atoms. The first-order valence-electron chi connectivity index (χ1n) is 3.46. The molecule has 0 saturated heterocycles. The Labute approximate surface area is 82.8 Å². The molecule has 13 heavy (non-hydrogen) atoms. The number of nitrogens with two attached hydrogens (primary N) is 1. The highest BCUT2D eigenvalue weighted by atomic mass is 79.9. The molecule has 0 saturated carbocycles. The van der Waals surface area contributed by atoms with Crippen molar-refractivity contribution in [3.05, 3.63) is 28.5 Å². The van der Waals surface area contributed by atoms with Crippen LogP contribution in [-0.2, 0) is 4.79 Å². The number of hydrogen-bond donors (Lipinski definition) is 1. The Morgan fingerprint density at radius 2 is 2.31 bits per heavy atom. The van der Waals surface area contributed by atoms with Crippen molar-refractivity contribution in [3.8, 4) is 5.75 Å². The Bertz CT molecular complexity index is 330. The predicted octanol–water partition coefficient (Wildman–Crippen LogP) is 1.45. The Hall–Kier alpha value is -1.10. The van der Waals surface area contributed by atoms with Gasteiger partial charge in [0.2, 0.25) is 0 Å². The predicted molar refractivity (Wildman–Crippen MR) is 48.8 cm³/mol. The van der Waals surface area contributed by atoms with Crippen molar-refractivity contribution >= 4 is 21.8 Å². The Morgan fingerprint density at radius 3 is 2.85 bits per heavy atom. The zero-order chi connectivity index (χ0) is 9.84. The van der Waals surface area contributed by atoms with E-state index in [0.717, 1.165) is 0 Å². The van der Waals surface area contributed by atoms with Crippen LogP contribution in [0.5, 0.6) is 5.75 Å². The quantitative estimate of drug-likeness (QED) is 0.880. The summed E-state index contributed by atoms with van der Waals surface area (Å²) in [6, 6.07) is 4.28. The summed E-state index contributed by atoms with van der Waals surface area (Å²) >= 11 is 3.09. The van der Waals surface area contributed by atoms with E-state index in [2.05, 4.69) is 15.9 Å². The van der Waals surface area contributed by atoms with Crippen LogP contribution in [0.25, 0.3) is 0 Å². The third kappa shape index (κ3) is 3.02. The van der Waals surface area contributed by atoms with E-state index >= 15 is 0 Å². The summed E-state index contributed by atoms with van der Waals surface area (Å²) in [7, 11) is 0. The minimum absolute atomic E-state index is 0.0157. The van der Waals surface area contributed by atoms with E-state index in [9.17, 15) is 9.18 Å². The fraction of sp³-hybridized carbons (Fsp3) is 0.125. The van der Waals surface area contributed by atoms with Crippen LogP contribution in [0.15, 0.2) is 22.7 Å². The number of carbonyl (C=O) groups is 1.